The van der Waals surface area contributed by atoms with E-state index >= 15 is 0 Å². The molecular formula is C27H24FN5O3S. The summed E-state index contributed by atoms with van der Waals surface area (Å²) in [5.74, 6) is 1.34. The van der Waals surface area contributed by atoms with E-state index in [1.807, 2.05) is 0 Å². The molecule has 0 atom stereocenters. The van der Waals surface area contributed by atoms with Crippen LogP contribution >= 0.6 is 11.8 Å². The van der Waals surface area contributed by atoms with Crippen molar-refractivity contribution in [2.75, 3.05) is 18.9 Å². The maximum absolute atomic E-state index is 13.6. The van der Waals surface area contributed by atoms with Crippen LogP contribution in [-0.2, 0) is 5.75 Å². The number of rotatable bonds is 8. The van der Waals surface area contributed by atoms with Crippen molar-refractivity contribution >= 4 is 23.3 Å². The van der Waals surface area contributed by atoms with E-state index < -0.39 is 5.82 Å². The molecule has 0 spiro atoms. The number of oxazole rings is 1. The molecule has 2 heterocycles. The number of hydrogen-bond donors (Lipinski definition) is 2. The number of nitrogen functional groups attached to an aromatic ring is 1. The number of pyridine rings is 1. The lowest BCUT2D eigenvalue weighted by Crippen LogP contribution is -2.02. The molecule has 188 valence electrons. The van der Waals surface area contributed by atoms with Crippen molar-refractivity contribution in [3.05, 3.63) is 82.8 Å². The molecule has 0 aliphatic rings. The van der Waals surface area contributed by atoms with Gasteiger partial charge in [-0.25, -0.2) is 19.2 Å². The van der Waals surface area contributed by atoms with Gasteiger partial charge in [0.1, 0.15) is 40.8 Å². The molecule has 0 saturated carbocycles. The van der Waals surface area contributed by atoms with E-state index in [9.17, 15) is 9.65 Å². The van der Waals surface area contributed by atoms with Crippen LogP contribution in [0.3, 0.4) is 0 Å². The molecule has 0 unspecified atom stereocenters. The van der Waals surface area contributed by atoms with Gasteiger partial charge in [-0.3, -0.25) is 0 Å². The van der Waals surface area contributed by atoms with E-state index in [-0.39, 0.29) is 37.7 Å². The summed E-state index contributed by atoms with van der Waals surface area (Å²) in [7, 11) is 0. The third-order valence-electron chi connectivity index (χ3n) is 5.20. The van der Waals surface area contributed by atoms with Crippen LogP contribution in [0.4, 0.5) is 15.9 Å². The number of anilines is 1. The molecule has 0 radical (unpaired) electrons. The normalized spacial score (nSPS) is 10.3. The number of aryl methyl sites for hydroxylation is 1. The average Bonchev–Trinajstić information content (AvgIpc) is 3.26. The molecule has 2 aromatic carbocycles. The number of halogens is 1. The fourth-order valence-electron chi connectivity index (χ4n) is 3.50. The van der Waals surface area contributed by atoms with Crippen LogP contribution in [0.2, 0.25) is 0 Å². The summed E-state index contributed by atoms with van der Waals surface area (Å²) in [6, 6.07) is 15.0. The van der Waals surface area contributed by atoms with Crippen molar-refractivity contribution < 1.29 is 18.7 Å². The minimum absolute atomic E-state index is 0. The Bertz CT molecular complexity index is 1490. The Kier molecular flexibility index (Phi) is 8.86. The SMILES string of the molecule is C.[C-]#[N+]c1c(N)nc(SCc2nc(-c3cccc(F)c3)oc2C)c(C#N)c1-c1ccc(OCCO)cc1. The standard InChI is InChI=1S/C26H20FN5O3S.CH4/c1-15-21(31-25(35-15)17-4-3-5-18(27)12-17)14-36-26-20(13-28)22(23(30-2)24(29)32-26)16-6-8-19(9-7-16)34-11-10-33;/h3-9,12,33H,10-11,14H2,1H3,(H2,29,32);1H4. The topological polar surface area (TPSA) is 123 Å². The van der Waals surface area contributed by atoms with Crippen LogP contribution in [-0.4, -0.2) is 28.3 Å². The molecule has 10 heteroatoms. The lowest BCUT2D eigenvalue weighted by molar-refractivity contribution is 0.201. The maximum Gasteiger partial charge on any atom is 0.236 e. The number of aliphatic hydroxyl groups is 1. The summed E-state index contributed by atoms with van der Waals surface area (Å²) in [4.78, 5) is 12.3. The largest absolute Gasteiger partial charge is 0.491 e. The van der Waals surface area contributed by atoms with E-state index in [2.05, 4.69) is 20.9 Å². The van der Waals surface area contributed by atoms with Gasteiger partial charge in [0.25, 0.3) is 0 Å². The number of aliphatic hydroxyl groups excluding tert-OH is 1. The monoisotopic (exact) mass is 517 g/mol. The van der Waals surface area contributed by atoms with E-state index in [0.717, 1.165) is 0 Å². The minimum atomic E-state index is -0.391. The number of nitriles is 1. The molecule has 0 saturated heterocycles. The highest BCUT2D eigenvalue weighted by molar-refractivity contribution is 7.98. The highest BCUT2D eigenvalue weighted by Crippen LogP contribution is 2.42. The van der Waals surface area contributed by atoms with Crippen molar-refractivity contribution in [1.82, 2.24) is 9.97 Å². The number of benzene rings is 2. The Balaban J connectivity index is 0.00000380. The fourth-order valence-corrected chi connectivity index (χ4v) is 4.50. The molecule has 0 fully saturated rings. The van der Waals surface area contributed by atoms with Crippen molar-refractivity contribution in [2.45, 2.75) is 25.1 Å². The van der Waals surface area contributed by atoms with Crippen LogP contribution in [0.15, 0.2) is 58.0 Å². The second kappa shape index (κ2) is 12.0. The van der Waals surface area contributed by atoms with Gasteiger partial charge in [-0.05, 0) is 42.8 Å². The van der Waals surface area contributed by atoms with E-state index in [4.69, 9.17) is 26.6 Å². The van der Waals surface area contributed by atoms with Crippen molar-refractivity contribution in [2.24, 2.45) is 0 Å². The lowest BCUT2D eigenvalue weighted by atomic mass is 10.00. The Hall–Kier alpha value is -4.38. The van der Waals surface area contributed by atoms with E-state index in [0.29, 0.717) is 50.6 Å². The number of nitrogens with two attached hydrogens (primary N) is 1. The quantitative estimate of drug-likeness (QED) is 0.211. The lowest BCUT2D eigenvalue weighted by Gasteiger charge is -2.13. The second-order valence-corrected chi connectivity index (χ2v) is 8.51. The van der Waals surface area contributed by atoms with Gasteiger partial charge in [0.05, 0.1) is 24.4 Å². The highest BCUT2D eigenvalue weighted by Gasteiger charge is 2.22. The average molecular weight is 518 g/mol. The predicted octanol–water partition coefficient (Wildman–Crippen LogP) is 6.16. The number of aromatic nitrogens is 2. The van der Waals surface area contributed by atoms with Gasteiger partial charge in [-0.2, -0.15) is 5.26 Å². The molecule has 0 bridgehead atoms. The zero-order chi connectivity index (χ0) is 25.7. The summed E-state index contributed by atoms with van der Waals surface area (Å²) >= 11 is 1.24. The molecule has 3 N–H and O–H groups in total. The van der Waals surface area contributed by atoms with Crippen LogP contribution in [0, 0.1) is 30.6 Å². The summed E-state index contributed by atoms with van der Waals surface area (Å²) in [5, 5.41) is 19.3. The number of thioether (sulfide) groups is 1. The third kappa shape index (κ3) is 5.89. The van der Waals surface area contributed by atoms with Crippen molar-refractivity contribution in [3.63, 3.8) is 0 Å². The summed E-state index contributed by atoms with van der Waals surface area (Å²) in [6.45, 7) is 9.40. The van der Waals surface area contributed by atoms with Gasteiger partial charge in [-0.15, -0.1) is 0 Å². The first-order valence-electron chi connectivity index (χ1n) is 10.7. The van der Waals surface area contributed by atoms with Crippen molar-refractivity contribution in [3.8, 4) is 34.4 Å². The Morgan fingerprint density at radius 2 is 1.97 bits per heavy atom. The van der Waals surface area contributed by atoms with Crippen LogP contribution in [0.5, 0.6) is 5.75 Å². The Morgan fingerprint density at radius 1 is 1.22 bits per heavy atom. The molecule has 0 amide bonds. The molecule has 4 aromatic rings. The zero-order valence-corrected chi connectivity index (χ0v) is 20.0. The van der Waals surface area contributed by atoms with Gasteiger partial charge in [0.15, 0.2) is 0 Å². The number of nitrogens with zero attached hydrogens (tertiary/aromatic N) is 4. The summed E-state index contributed by atoms with van der Waals surface area (Å²) in [6.07, 6.45) is 0. The molecule has 37 heavy (non-hydrogen) atoms. The van der Waals surface area contributed by atoms with Crippen LogP contribution < -0.4 is 10.5 Å². The highest BCUT2D eigenvalue weighted by atomic mass is 32.2. The minimum Gasteiger partial charge on any atom is -0.491 e. The third-order valence-corrected chi connectivity index (χ3v) is 6.19. The predicted molar refractivity (Wildman–Crippen MR) is 141 cm³/mol. The van der Waals surface area contributed by atoms with Gasteiger partial charge in [0, 0.05) is 16.9 Å². The number of hydrogen-bond acceptors (Lipinski definition) is 8. The Morgan fingerprint density at radius 3 is 2.62 bits per heavy atom. The van der Waals surface area contributed by atoms with Gasteiger partial charge in [-0.1, -0.05) is 37.4 Å². The van der Waals surface area contributed by atoms with E-state index in [1.54, 1.807) is 43.3 Å². The molecule has 8 nitrogen and oxygen atoms in total. The summed E-state index contributed by atoms with van der Waals surface area (Å²) < 4.78 is 24.7. The van der Waals surface area contributed by atoms with Crippen LogP contribution in [0.1, 0.15) is 24.4 Å². The fraction of sp³-hybridized carbons (Fsp3) is 0.185. The smallest absolute Gasteiger partial charge is 0.236 e. The van der Waals surface area contributed by atoms with Gasteiger partial charge in [0.2, 0.25) is 11.6 Å². The number of ether oxygens (including phenoxy) is 1. The van der Waals surface area contributed by atoms with Crippen LogP contribution in [0.25, 0.3) is 27.4 Å². The first-order chi connectivity index (χ1) is 17.4. The molecule has 0 aliphatic heterocycles. The maximum atomic E-state index is 13.6. The van der Waals surface area contributed by atoms with Gasteiger partial charge >= 0.3 is 0 Å². The molecule has 2 aromatic heterocycles. The first kappa shape index (κ1) is 27.2. The first-order valence-corrected chi connectivity index (χ1v) is 11.7. The Labute approximate surface area is 218 Å². The van der Waals surface area contributed by atoms with Gasteiger partial charge < -0.3 is 20.0 Å². The molecule has 0 aliphatic carbocycles. The second-order valence-electron chi connectivity index (χ2n) is 7.54. The zero-order valence-electron chi connectivity index (χ0n) is 19.2. The van der Waals surface area contributed by atoms with E-state index in [1.165, 1.54) is 23.9 Å². The van der Waals surface area contributed by atoms with Crippen molar-refractivity contribution in [1.29, 1.82) is 5.26 Å². The molecule has 4 rings (SSSR count). The molecular weight excluding hydrogens is 493 g/mol. The summed E-state index contributed by atoms with van der Waals surface area (Å²) in [5.41, 5.74) is 8.54.